The van der Waals surface area contributed by atoms with Crippen LogP contribution < -0.4 is 10.5 Å². The van der Waals surface area contributed by atoms with Crippen LogP contribution in [0, 0.1) is 13.8 Å². The van der Waals surface area contributed by atoms with Gasteiger partial charge in [-0.3, -0.25) is 4.79 Å². The molecule has 0 fully saturated rings. The fourth-order valence-corrected chi connectivity index (χ4v) is 2.53. The third-order valence-corrected chi connectivity index (χ3v) is 3.75. The van der Waals surface area contributed by atoms with E-state index >= 15 is 0 Å². The zero-order chi connectivity index (χ0) is 15.6. The van der Waals surface area contributed by atoms with Crippen LogP contribution in [0.1, 0.15) is 27.4 Å². The molecule has 0 bridgehead atoms. The van der Waals surface area contributed by atoms with E-state index in [2.05, 4.69) is 5.32 Å². The van der Waals surface area contributed by atoms with Gasteiger partial charge in [0.25, 0.3) is 5.91 Å². The van der Waals surface area contributed by atoms with Gasteiger partial charge in [-0.05, 0) is 49.7 Å². The number of nitrogens with one attached hydrogen (secondary N) is 1. The standard InChI is InChI=1S/C14H16N2O4S/c1-9-5-11(7-13(6-9)21(15,18)19)14(17)16-8-12-4-3-10(2)20-12/h3-7H,8H2,1-2H3,(H,16,17)(H2,15,18,19). The molecule has 2 rings (SSSR count). The molecule has 0 saturated heterocycles. The first-order valence-corrected chi connectivity index (χ1v) is 7.78. The summed E-state index contributed by atoms with van der Waals surface area (Å²) in [5, 5.41) is 7.75. The van der Waals surface area contributed by atoms with Gasteiger partial charge < -0.3 is 9.73 Å². The van der Waals surface area contributed by atoms with Crippen molar-refractivity contribution in [3.63, 3.8) is 0 Å². The highest BCUT2D eigenvalue weighted by atomic mass is 32.2. The second-order valence-corrected chi connectivity index (χ2v) is 6.34. The Morgan fingerprint density at radius 2 is 1.95 bits per heavy atom. The van der Waals surface area contributed by atoms with Crippen molar-refractivity contribution in [2.45, 2.75) is 25.3 Å². The molecule has 1 aromatic heterocycles. The van der Waals surface area contributed by atoms with Crippen LogP contribution in [0.4, 0.5) is 0 Å². The van der Waals surface area contributed by atoms with E-state index in [1.807, 2.05) is 6.92 Å². The Labute approximate surface area is 123 Å². The molecule has 0 saturated carbocycles. The summed E-state index contributed by atoms with van der Waals surface area (Å²) in [6.45, 7) is 3.73. The van der Waals surface area contributed by atoms with Gasteiger partial charge in [0, 0.05) is 5.56 Å². The number of amides is 1. The van der Waals surface area contributed by atoms with Gasteiger partial charge in [-0.1, -0.05) is 0 Å². The summed E-state index contributed by atoms with van der Waals surface area (Å²) >= 11 is 0. The summed E-state index contributed by atoms with van der Waals surface area (Å²) in [7, 11) is -3.84. The quantitative estimate of drug-likeness (QED) is 0.892. The maximum atomic E-state index is 12.1. The van der Waals surface area contributed by atoms with Crippen LogP contribution >= 0.6 is 0 Å². The molecule has 0 radical (unpaired) electrons. The number of primary sulfonamides is 1. The Hall–Kier alpha value is -2.12. The fraction of sp³-hybridized carbons (Fsp3) is 0.214. The SMILES string of the molecule is Cc1cc(C(=O)NCc2ccc(C)o2)cc(S(N)(=O)=O)c1. The summed E-state index contributed by atoms with van der Waals surface area (Å²) in [6, 6.07) is 7.83. The number of carbonyl (C=O) groups is 1. The predicted molar refractivity (Wildman–Crippen MR) is 77.2 cm³/mol. The van der Waals surface area contributed by atoms with Crippen LogP contribution in [0.3, 0.4) is 0 Å². The fourth-order valence-electron chi connectivity index (χ4n) is 1.89. The highest BCUT2D eigenvalue weighted by molar-refractivity contribution is 7.89. The van der Waals surface area contributed by atoms with Gasteiger partial charge in [-0.25, -0.2) is 13.6 Å². The smallest absolute Gasteiger partial charge is 0.251 e. The normalized spacial score (nSPS) is 11.4. The summed E-state index contributed by atoms with van der Waals surface area (Å²) in [6.07, 6.45) is 0. The molecule has 1 aromatic carbocycles. The molecule has 0 spiro atoms. The minimum atomic E-state index is -3.84. The summed E-state index contributed by atoms with van der Waals surface area (Å²) in [5.41, 5.74) is 0.878. The Kier molecular flexibility index (Phi) is 4.15. The molecular formula is C14H16N2O4S. The van der Waals surface area contributed by atoms with Crippen LogP contribution in [0.15, 0.2) is 39.6 Å². The highest BCUT2D eigenvalue weighted by Crippen LogP contribution is 2.14. The van der Waals surface area contributed by atoms with Gasteiger partial charge in [-0.2, -0.15) is 0 Å². The molecule has 3 N–H and O–H groups in total. The largest absolute Gasteiger partial charge is 0.465 e. The third kappa shape index (κ3) is 3.93. The molecule has 1 heterocycles. The third-order valence-electron chi connectivity index (χ3n) is 2.86. The van der Waals surface area contributed by atoms with Gasteiger partial charge in [0.15, 0.2) is 0 Å². The number of furan rings is 1. The number of nitrogens with two attached hydrogens (primary N) is 1. The van der Waals surface area contributed by atoms with E-state index in [4.69, 9.17) is 9.56 Å². The Balaban J connectivity index is 2.17. The zero-order valence-electron chi connectivity index (χ0n) is 11.7. The van der Waals surface area contributed by atoms with Gasteiger partial charge in [0.05, 0.1) is 11.4 Å². The number of hydrogen-bond donors (Lipinski definition) is 2. The number of sulfonamides is 1. The average molecular weight is 308 g/mol. The van der Waals surface area contributed by atoms with Crippen molar-refractivity contribution >= 4 is 15.9 Å². The van der Waals surface area contributed by atoms with E-state index in [1.54, 1.807) is 25.1 Å². The van der Waals surface area contributed by atoms with Crippen LogP contribution in [0.5, 0.6) is 0 Å². The highest BCUT2D eigenvalue weighted by Gasteiger charge is 2.13. The molecule has 0 aliphatic heterocycles. The molecule has 21 heavy (non-hydrogen) atoms. The second-order valence-electron chi connectivity index (χ2n) is 4.77. The lowest BCUT2D eigenvalue weighted by Gasteiger charge is -2.07. The van der Waals surface area contributed by atoms with Crippen molar-refractivity contribution in [1.29, 1.82) is 0 Å². The van der Waals surface area contributed by atoms with Gasteiger partial charge in [0.1, 0.15) is 11.5 Å². The molecule has 0 atom stereocenters. The van der Waals surface area contributed by atoms with Crippen LogP contribution in [-0.4, -0.2) is 14.3 Å². The van der Waals surface area contributed by atoms with Gasteiger partial charge in [-0.15, -0.1) is 0 Å². The number of carbonyl (C=O) groups excluding carboxylic acids is 1. The maximum Gasteiger partial charge on any atom is 0.251 e. The van der Waals surface area contributed by atoms with Crippen LogP contribution in [-0.2, 0) is 16.6 Å². The molecule has 2 aromatic rings. The van der Waals surface area contributed by atoms with Crippen molar-refractivity contribution in [3.05, 3.63) is 53.0 Å². The summed E-state index contributed by atoms with van der Waals surface area (Å²) in [5.74, 6) is 0.990. The molecule has 0 aliphatic rings. The Bertz CT molecular complexity index is 778. The molecule has 112 valence electrons. The molecule has 7 heteroatoms. The molecule has 0 unspecified atom stereocenters. The molecular weight excluding hydrogens is 292 g/mol. The minimum absolute atomic E-state index is 0.0820. The van der Waals surface area contributed by atoms with Gasteiger partial charge in [0.2, 0.25) is 10.0 Å². The first-order valence-electron chi connectivity index (χ1n) is 6.24. The van der Waals surface area contributed by atoms with Crippen molar-refractivity contribution < 1.29 is 17.6 Å². The Morgan fingerprint density at radius 1 is 1.24 bits per heavy atom. The first kappa shape index (κ1) is 15.3. The summed E-state index contributed by atoms with van der Waals surface area (Å²) in [4.78, 5) is 12.0. The van der Waals surface area contributed by atoms with E-state index < -0.39 is 15.9 Å². The van der Waals surface area contributed by atoms with Gasteiger partial charge >= 0.3 is 0 Å². The van der Waals surface area contributed by atoms with E-state index in [9.17, 15) is 13.2 Å². The lowest BCUT2D eigenvalue weighted by atomic mass is 10.1. The number of benzene rings is 1. The first-order chi connectivity index (χ1) is 9.75. The average Bonchev–Trinajstić information content (AvgIpc) is 2.80. The second kappa shape index (κ2) is 5.71. The monoisotopic (exact) mass is 308 g/mol. The zero-order valence-corrected chi connectivity index (χ0v) is 12.5. The van der Waals surface area contributed by atoms with Crippen molar-refractivity contribution in [2.75, 3.05) is 0 Å². The number of aryl methyl sites for hydroxylation is 2. The topological polar surface area (TPSA) is 102 Å². The lowest BCUT2D eigenvalue weighted by molar-refractivity contribution is 0.0947. The van der Waals surface area contributed by atoms with Crippen molar-refractivity contribution in [1.82, 2.24) is 5.32 Å². The molecule has 6 nitrogen and oxygen atoms in total. The summed E-state index contributed by atoms with van der Waals surface area (Å²) < 4.78 is 28.1. The Morgan fingerprint density at radius 3 is 2.52 bits per heavy atom. The number of hydrogen-bond acceptors (Lipinski definition) is 4. The van der Waals surface area contributed by atoms with Crippen molar-refractivity contribution in [2.24, 2.45) is 5.14 Å². The predicted octanol–water partition coefficient (Wildman–Crippen LogP) is 1.47. The lowest BCUT2D eigenvalue weighted by Crippen LogP contribution is -2.23. The number of rotatable bonds is 4. The molecule has 0 aliphatic carbocycles. The maximum absolute atomic E-state index is 12.1. The van der Waals surface area contributed by atoms with Crippen LogP contribution in [0.2, 0.25) is 0 Å². The molecule has 1 amide bonds. The van der Waals surface area contributed by atoms with Crippen LogP contribution in [0.25, 0.3) is 0 Å². The van der Waals surface area contributed by atoms with E-state index in [-0.39, 0.29) is 17.0 Å². The van der Waals surface area contributed by atoms with E-state index in [1.165, 1.54) is 12.1 Å². The van der Waals surface area contributed by atoms with E-state index in [0.29, 0.717) is 11.3 Å². The minimum Gasteiger partial charge on any atom is -0.465 e. The van der Waals surface area contributed by atoms with Crippen molar-refractivity contribution in [3.8, 4) is 0 Å². The van der Waals surface area contributed by atoms with E-state index in [0.717, 1.165) is 5.76 Å².